The summed E-state index contributed by atoms with van der Waals surface area (Å²) in [6.07, 6.45) is 1.79. The maximum Gasteiger partial charge on any atom is 0.313 e. The molecule has 0 N–H and O–H groups in total. The second kappa shape index (κ2) is 5.22. The van der Waals surface area contributed by atoms with E-state index in [1.807, 2.05) is 41.5 Å². The van der Waals surface area contributed by atoms with Crippen LogP contribution in [0.15, 0.2) is 0 Å². The Bertz CT molecular complexity index is 546. The van der Waals surface area contributed by atoms with E-state index in [1.54, 1.807) is 0 Å². The van der Waals surface area contributed by atoms with Crippen molar-refractivity contribution >= 4 is 11.9 Å². The Morgan fingerprint density at radius 2 is 1.46 bits per heavy atom. The van der Waals surface area contributed by atoms with Gasteiger partial charge in [0.15, 0.2) is 0 Å². The van der Waals surface area contributed by atoms with Crippen LogP contribution in [0.2, 0.25) is 0 Å². The van der Waals surface area contributed by atoms with Gasteiger partial charge in [-0.2, -0.15) is 0 Å². The van der Waals surface area contributed by atoms with Crippen LogP contribution in [0.5, 0.6) is 0 Å². The summed E-state index contributed by atoms with van der Waals surface area (Å²) in [5, 5.41) is 0. The molecule has 0 aromatic carbocycles. The number of ether oxygens (including phenoxy) is 2. The van der Waals surface area contributed by atoms with Gasteiger partial charge in [-0.15, -0.1) is 0 Å². The number of rotatable bonds is 3. The van der Waals surface area contributed by atoms with Crippen molar-refractivity contribution in [3.05, 3.63) is 0 Å². The van der Waals surface area contributed by atoms with Crippen LogP contribution in [0, 0.1) is 22.2 Å². The molecule has 3 atom stereocenters. The number of hydrogen-bond donors (Lipinski definition) is 0. The maximum atomic E-state index is 13.1. The summed E-state index contributed by atoms with van der Waals surface area (Å²) in [5.74, 6) is -0.377. The first kappa shape index (κ1) is 19.3. The molecule has 0 saturated heterocycles. The van der Waals surface area contributed by atoms with Gasteiger partial charge in [-0.05, 0) is 71.1 Å². The predicted molar refractivity (Wildman–Crippen MR) is 93.4 cm³/mol. The Kier molecular flexibility index (Phi) is 4.19. The van der Waals surface area contributed by atoms with Crippen molar-refractivity contribution in [2.75, 3.05) is 0 Å². The molecule has 0 aromatic heterocycles. The summed E-state index contributed by atoms with van der Waals surface area (Å²) in [6, 6.07) is 0. The lowest BCUT2D eigenvalue weighted by atomic mass is 9.50. The van der Waals surface area contributed by atoms with Crippen LogP contribution in [0.25, 0.3) is 0 Å². The summed E-state index contributed by atoms with van der Waals surface area (Å²) >= 11 is 0. The fourth-order valence-electron chi connectivity index (χ4n) is 4.75. The smallest absolute Gasteiger partial charge is 0.313 e. The van der Waals surface area contributed by atoms with Crippen molar-refractivity contribution in [3.63, 3.8) is 0 Å². The molecular weight excluding hydrogens is 304 g/mol. The van der Waals surface area contributed by atoms with E-state index in [4.69, 9.17) is 9.47 Å². The summed E-state index contributed by atoms with van der Waals surface area (Å²) in [4.78, 5) is 25.7. The van der Waals surface area contributed by atoms with Crippen molar-refractivity contribution in [2.24, 2.45) is 22.2 Å². The van der Waals surface area contributed by atoms with Crippen LogP contribution in [0.1, 0.15) is 81.6 Å². The Morgan fingerprint density at radius 3 is 1.79 bits per heavy atom. The van der Waals surface area contributed by atoms with Gasteiger partial charge in [0.1, 0.15) is 11.2 Å². The molecule has 3 unspecified atom stereocenters. The molecule has 0 heterocycles. The van der Waals surface area contributed by atoms with Gasteiger partial charge in [0.05, 0.1) is 11.8 Å². The number of hydrogen-bond acceptors (Lipinski definition) is 4. The molecule has 3 saturated carbocycles. The van der Waals surface area contributed by atoms with Crippen molar-refractivity contribution in [3.8, 4) is 0 Å². The Labute approximate surface area is 146 Å². The van der Waals surface area contributed by atoms with E-state index in [0.717, 1.165) is 6.42 Å². The van der Waals surface area contributed by atoms with Crippen molar-refractivity contribution in [1.82, 2.24) is 0 Å². The first-order valence-corrected chi connectivity index (χ1v) is 8.98. The minimum absolute atomic E-state index is 0.0336. The summed E-state index contributed by atoms with van der Waals surface area (Å²) < 4.78 is 11.3. The zero-order valence-corrected chi connectivity index (χ0v) is 16.8. The van der Waals surface area contributed by atoms with Crippen LogP contribution in [-0.4, -0.2) is 23.1 Å². The number of esters is 2. The SMILES string of the molecule is CC(C)(C)OC(=O)CC1(C(=O)OC(C)(C)C)CC2(C)CC1C2(C)C. The van der Waals surface area contributed by atoms with Gasteiger partial charge >= 0.3 is 11.9 Å². The van der Waals surface area contributed by atoms with Crippen LogP contribution in [-0.2, 0) is 19.1 Å². The molecule has 4 nitrogen and oxygen atoms in total. The first-order chi connectivity index (χ1) is 10.5. The molecule has 3 aliphatic carbocycles. The van der Waals surface area contributed by atoms with Crippen LogP contribution >= 0.6 is 0 Å². The molecule has 0 aliphatic heterocycles. The van der Waals surface area contributed by atoms with E-state index < -0.39 is 16.6 Å². The Balaban J connectivity index is 2.31. The van der Waals surface area contributed by atoms with Gasteiger partial charge in [0.25, 0.3) is 0 Å². The van der Waals surface area contributed by atoms with Gasteiger partial charge in [-0.25, -0.2) is 0 Å². The molecule has 138 valence electrons. The molecule has 2 bridgehead atoms. The number of fused-ring (bicyclic) bond motifs is 1. The maximum absolute atomic E-state index is 13.1. The molecule has 3 fully saturated rings. The molecule has 3 rings (SSSR count). The molecule has 3 aliphatic rings. The van der Waals surface area contributed by atoms with E-state index in [1.165, 1.54) is 0 Å². The Hall–Kier alpha value is -1.06. The van der Waals surface area contributed by atoms with E-state index in [2.05, 4.69) is 20.8 Å². The van der Waals surface area contributed by atoms with E-state index in [9.17, 15) is 9.59 Å². The normalized spacial score (nSPS) is 34.5. The third-order valence-corrected chi connectivity index (χ3v) is 6.14. The topological polar surface area (TPSA) is 52.6 Å². The molecule has 0 aromatic rings. The highest BCUT2D eigenvalue weighted by molar-refractivity contribution is 5.85. The third-order valence-electron chi connectivity index (χ3n) is 6.14. The van der Waals surface area contributed by atoms with Gasteiger partial charge < -0.3 is 9.47 Å². The van der Waals surface area contributed by atoms with Crippen LogP contribution in [0.4, 0.5) is 0 Å². The molecular formula is C20H34O4. The lowest BCUT2D eigenvalue weighted by molar-refractivity contribution is -0.180. The third kappa shape index (κ3) is 3.09. The summed E-state index contributed by atoms with van der Waals surface area (Å²) in [6.45, 7) is 17.8. The fourth-order valence-corrected chi connectivity index (χ4v) is 4.75. The second-order valence-corrected chi connectivity index (χ2v) is 10.6. The predicted octanol–water partition coefficient (Wildman–Crippen LogP) is 4.50. The molecule has 24 heavy (non-hydrogen) atoms. The minimum Gasteiger partial charge on any atom is -0.460 e. The average Bonchev–Trinajstić information content (AvgIpc) is 2.69. The van der Waals surface area contributed by atoms with Crippen molar-refractivity contribution in [1.29, 1.82) is 0 Å². The van der Waals surface area contributed by atoms with E-state index in [-0.39, 0.29) is 35.1 Å². The highest BCUT2D eigenvalue weighted by atomic mass is 16.6. The standard InChI is InChI=1S/C20H34O4/c1-16(2,3)23-14(21)11-20(15(22)24-17(4,5)6)12-19(9)10-13(20)18(19,7)8/h13H,10-12H2,1-9H3. The summed E-state index contributed by atoms with van der Waals surface area (Å²) in [5.41, 5.74) is -1.75. The number of carbonyl (C=O) groups excluding carboxylic acids is 2. The molecule has 0 spiro atoms. The lowest BCUT2D eigenvalue weighted by Gasteiger charge is -2.54. The quantitative estimate of drug-likeness (QED) is 0.711. The molecule has 4 heteroatoms. The highest BCUT2D eigenvalue weighted by Gasteiger charge is 2.75. The van der Waals surface area contributed by atoms with Gasteiger partial charge in [-0.1, -0.05) is 20.8 Å². The largest absolute Gasteiger partial charge is 0.460 e. The minimum atomic E-state index is -0.756. The van der Waals surface area contributed by atoms with Crippen LogP contribution in [0.3, 0.4) is 0 Å². The highest BCUT2D eigenvalue weighted by Crippen LogP contribution is 2.78. The molecule has 0 radical (unpaired) electrons. The fraction of sp³-hybridized carbons (Fsp3) is 0.900. The molecule has 0 amide bonds. The van der Waals surface area contributed by atoms with Crippen molar-refractivity contribution < 1.29 is 19.1 Å². The Morgan fingerprint density at radius 1 is 0.958 bits per heavy atom. The zero-order chi connectivity index (χ0) is 18.8. The second-order valence-electron chi connectivity index (χ2n) is 10.6. The first-order valence-electron chi connectivity index (χ1n) is 8.98. The van der Waals surface area contributed by atoms with E-state index >= 15 is 0 Å². The summed E-state index contributed by atoms with van der Waals surface area (Å²) in [7, 11) is 0. The van der Waals surface area contributed by atoms with Gasteiger partial charge in [-0.3, -0.25) is 9.59 Å². The average molecular weight is 338 g/mol. The van der Waals surface area contributed by atoms with E-state index in [0.29, 0.717) is 6.42 Å². The van der Waals surface area contributed by atoms with Gasteiger partial charge in [0, 0.05) is 0 Å². The van der Waals surface area contributed by atoms with Gasteiger partial charge in [0.2, 0.25) is 0 Å². The van der Waals surface area contributed by atoms with Crippen molar-refractivity contribution in [2.45, 2.75) is 92.8 Å². The van der Waals surface area contributed by atoms with Crippen LogP contribution < -0.4 is 0 Å². The number of carbonyl (C=O) groups is 2. The monoisotopic (exact) mass is 338 g/mol. The zero-order valence-electron chi connectivity index (χ0n) is 16.8. The lowest BCUT2D eigenvalue weighted by Crippen LogP contribution is -2.50.